The number of halogens is 1. The number of hydrogen-bond donors (Lipinski definition) is 1. The van der Waals surface area contributed by atoms with E-state index in [1.807, 2.05) is 6.92 Å². The van der Waals surface area contributed by atoms with Gasteiger partial charge in [0, 0.05) is 16.1 Å². The fraction of sp³-hybridized carbons (Fsp3) is 0.455. The molecule has 0 radical (unpaired) electrons. The van der Waals surface area contributed by atoms with Crippen LogP contribution in [0, 0.1) is 5.41 Å². The van der Waals surface area contributed by atoms with Crippen LogP contribution in [0.1, 0.15) is 6.92 Å². The maximum absolute atomic E-state index is 11.5. The highest BCUT2D eigenvalue weighted by Gasteiger charge is 2.34. The van der Waals surface area contributed by atoms with Crippen LogP contribution >= 0.6 is 15.9 Å². The SMILES string of the molecule is CC1(COC(=O)Nc2cc(Br)ccn2)COC1. The molecule has 6 heteroatoms. The zero-order chi connectivity index (χ0) is 12.3. The Morgan fingerprint density at radius 3 is 3.06 bits per heavy atom. The molecule has 92 valence electrons. The van der Waals surface area contributed by atoms with Crippen LogP contribution in [0.3, 0.4) is 0 Å². The van der Waals surface area contributed by atoms with Crippen LogP contribution in [0.5, 0.6) is 0 Å². The minimum atomic E-state index is -0.497. The number of rotatable bonds is 3. The lowest BCUT2D eigenvalue weighted by Gasteiger charge is -2.37. The predicted octanol–water partition coefficient (Wildman–Crippen LogP) is 2.43. The van der Waals surface area contributed by atoms with Crippen molar-refractivity contribution in [1.29, 1.82) is 0 Å². The summed E-state index contributed by atoms with van der Waals surface area (Å²) < 4.78 is 11.0. The largest absolute Gasteiger partial charge is 0.449 e. The van der Waals surface area contributed by atoms with E-state index < -0.39 is 6.09 Å². The quantitative estimate of drug-likeness (QED) is 0.931. The molecule has 1 fully saturated rings. The number of nitrogens with one attached hydrogen (secondary N) is 1. The second-order valence-electron chi connectivity index (χ2n) is 4.36. The molecule has 0 spiro atoms. The number of amides is 1. The Bertz CT molecular complexity index is 421. The molecule has 0 saturated carbocycles. The van der Waals surface area contributed by atoms with Gasteiger partial charge in [-0.2, -0.15) is 0 Å². The molecule has 1 amide bonds. The first-order chi connectivity index (χ1) is 8.07. The number of carbonyl (C=O) groups excluding carboxylic acids is 1. The van der Waals surface area contributed by atoms with Gasteiger partial charge in [0.05, 0.1) is 13.2 Å². The molecule has 1 aliphatic heterocycles. The number of hydrogen-bond acceptors (Lipinski definition) is 4. The monoisotopic (exact) mass is 300 g/mol. The van der Waals surface area contributed by atoms with E-state index in [1.165, 1.54) is 0 Å². The van der Waals surface area contributed by atoms with Crippen molar-refractivity contribution in [2.45, 2.75) is 6.92 Å². The lowest BCUT2D eigenvalue weighted by atomic mass is 9.90. The number of pyridine rings is 1. The summed E-state index contributed by atoms with van der Waals surface area (Å²) in [6, 6.07) is 3.48. The highest BCUT2D eigenvalue weighted by molar-refractivity contribution is 9.10. The molecule has 1 N–H and O–H groups in total. The molecule has 0 aliphatic carbocycles. The first kappa shape index (κ1) is 12.3. The third kappa shape index (κ3) is 3.41. The maximum Gasteiger partial charge on any atom is 0.412 e. The van der Waals surface area contributed by atoms with Gasteiger partial charge in [0.2, 0.25) is 0 Å². The lowest BCUT2D eigenvalue weighted by molar-refractivity contribution is -0.125. The zero-order valence-corrected chi connectivity index (χ0v) is 11.0. The summed E-state index contributed by atoms with van der Waals surface area (Å²) in [4.78, 5) is 15.5. The van der Waals surface area contributed by atoms with Crippen LogP contribution in [0.4, 0.5) is 10.6 Å². The van der Waals surface area contributed by atoms with E-state index in [0.717, 1.165) is 4.47 Å². The molecule has 5 nitrogen and oxygen atoms in total. The van der Waals surface area contributed by atoms with Crippen LogP contribution in [-0.4, -0.2) is 30.9 Å². The Kier molecular flexibility index (Phi) is 3.63. The molecule has 0 unspecified atom stereocenters. The Morgan fingerprint density at radius 1 is 1.71 bits per heavy atom. The summed E-state index contributed by atoms with van der Waals surface area (Å²) in [6.07, 6.45) is 1.10. The van der Waals surface area contributed by atoms with Gasteiger partial charge in [0.1, 0.15) is 12.4 Å². The average molecular weight is 301 g/mol. The van der Waals surface area contributed by atoms with Gasteiger partial charge in [0.25, 0.3) is 0 Å². The van der Waals surface area contributed by atoms with E-state index >= 15 is 0 Å². The molecule has 2 rings (SSSR count). The first-order valence-electron chi connectivity index (χ1n) is 5.21. The zero-order valence-electron chi connectivity index (χ0n) is 9.40. The second kappa shape index (κ2) is 5.01. The van der Waals surface area contributed by atoms with Crippen LogP contribution < -0.4 is 5.32 Å². The van der Waals surface area contributed by atoms with Gasteiger partial charge in [0.15, 0.2) is 0 Å². The molecule has 1 aromatic rings. The Labute approximate surface area is 108 Å². The van der Waals surface area contributed by atoms with Gasteiger partial charge >= 0.3 is 6.09 Å². The minimum Gasteiger partial charge on any atom is -0.449 e. The highest BCUT2D eigenvalue weighted by atomic mass is 79.9. The number of aromatic nitrogens is 1. The molecule has 17 heavy (non-hydrogen) atoms. The van der Waals surface area contributed by atoms with Gasteiger partial charge in [-0.1, -0.05) is 22.9 Å². The van der Waals surface area contributed by atoms with Gasteiger partial charge < -0.3 is 9.47 Å². The smallest absolute Gasteiger partial charge is 0.412 e. The van der Waals surface area contributed by atoms with Crippen molar-refractivity contribution >= 4 is 27.8 Å². The summed E-state index contributed by atoms with van der Waals surface area (Å²) >= 11 is 3.29. The fourth-order valence-corrected chi connectivity index (χ4v) is 1.72. The third-order valence-electron chi connectivity index (χ3n) is 2.40. The Hall–Kier alpha value is -1.14. The van der Waals surface area contributed by atoms with E-state index in [1.54, 1.807) is 18.3 Å². The van der Waals surface area contributed by atoms with Crippen molar-refractivity contribution in [3.05, 3.63) is 22.8 Å². The molecular weight excluding hydrogens is 288 g/mol. The number of anilines is 1. The predicted molar refractivity (Wildman–Crippen MR) is 65.8 cm³/mol. The molecule has 0 atom stereocenters. The molecular formula is C11H13BrN2O3. The normalized spacial score (nSPS) is 17.1. The summed E-state index contributed by atoms with van der Waals surface area (Å²) in [5, 5.41) is 2.56. The highest BCUT2D eigenvalue weighted by Crippen LogP contribution is 2.26. The van der Waals surface area contributed by atoms with E-state index in [4.69, 9.17) is 9.47 Å². The van der Waals surface area contributed by atoms with Crippen molar-refractivity contribution < 1.29 is 14.3 Å². The van der Waals surface area contributed by atoms with Gasteiger partial charge in [-0.3, -0.25) is 5.32 Å². The number of ether oxygens (including phenoxy) is 2. The first-order valence-corrected chi connectivity index (χ1v) is 6.00. The van der Waals surface area contributed by atoms with Crippen LogP contribution in [0.2, 0.25) is 0 Å². The van der Waals surface area contributed by atoms with E-state index in [-0.39, 0.29) is 5.41 Å². The molecule has 1 aromatic heterocycles. The van der Waals surface area contributed by atoms with Crippen LogP contribution in [-0.2, 0) is 9.47 Å². The molecule has 1 saturated heterocycles. The van der Waals surface area contributed by atoms with Crippen LogP contribution in [0.15, 0.2) is 22.8 Å². The molecule has 0 bridgehead atoms. The Balaban J connectivity index is 1.81. The van der Waals surface area contributed by atoms with E-state index in [9.17, 15) is 4.79 Å². The lowest BCUT2D eigenvalue weighted by Crippen LogP contribution is -2.44. The van der Waals surface area contributed by atoms with Crippen molar-refractivity contribution in [2.24, 2.45) is 5.41 Å². The summed E-state index contributed by atoms with van der Waals surface area (Å²) in [5.41, 5.74) is -0.0396. The van der Waals surface area contributed by atoms with Gasteiger partial charge in [-0.15, -0.1) is 0 Å². The molecule has 2 heterocycles. The van der Waals surface area contributed by atoms with E-state index in [0.29, 0.717) is 25.6 Å². The minimum absolute atomic E-state index is 0.0396. The number of carbonyl (C=O) groups is 1. The number of nitrogens with zero attached hydrogens (tertiary/aromatic N) is 1. The van der Waals surface area contributed by atoms with Gasteiger partial charge in [-0.25, -0.2) is 9.78 Å². The fourth-order valence-electron chi connectivity index (χ4n) is 1.39. The summed E-state index contributed by atoms with van der Waals surface area (Å²) in [6.45, 7) is 3.64. The molecule has 1 aliphatic rings. The summed E-state index contributed by atoms with van der Waals surface area (Å²) in [7, 11) is 0. The Morgan fingerprint density at radius 2 is 2.47 bits per heavy atom. The van der Waals surface area contributed by atoms with Crippen LogP contribution in [0.25, 0.3) is 0 Å². The van der Waals surface area contributed by atoms with Crippen molar-refractivity contribution in [1.82, 2.24) is 4.98 Å². The second-order valence-corrected chi connectivity index (χ2v) is 5.28. The van der Waals surface area contributed by atoms with Crippen molar-refractivity contribution in [3.63, 3.8) is 0 Å². The third-order valence-corrected chi connectivity index (χ3v) is 2.90. The average Bonchev–Trinajstić information content (AvgIpc) is 2.24. The van der Waals surface area contributed by atoms with Crippen molar-refractivity contribution in [3.8, 4) is 0 Å². The standard InChI is InChI=1S/C11H13BrN2O3/c1-11(5-16-6-11)7-17-10(15)14-9-4-8(12)2-3-13-9/h2-4H,5-7H2,1H3,(H,13,14,15). The topological polar surface area (TPSA) is 60.5 Å². The van der Waals surface area contributed by atoms with E-state index in [2.05, 4.69) is 26.2 Å². The summed E-state index contributed by atoms with van der Waals surface area (Å²) in [5.74, 6) is 0.458. The van der Waals surface area contributed by atoms with Gasteiger partial charge in [-0.05, 0) is 12.1 Å². The maximum atomic E-state index is 11.5. The molecule has 0 aromatic carbocycles. The van der Waals surface area contributed by atoms with Crippen molar-refractivity contribution in [2.75, 3.05) is 25.1 Å².